The van der Waals surface area contributed by atoms with Crippen LogP contribution in [0.5, 0.6) is 0 Å². The molecular weight excluding hydrogens is 336 g/mol. The predicted octanol–water partition coefficient (Wildman–Crippen LogP) is 3.86. The molecule has 0 spiro atoms. The molecule has 126 valence electrons. The van der Waals surface area contributed by atoms with Gasteiger partial charge in [-0.05, 0) is 25.5 Å². The summed E-state index contributed by atoms with van der Waals surface area (Å²) in [7, 11) is 0. The highest BCUT2D eigenvalue weighted by molar-refractivity contribution is 5.85. The lowest BCUT2D eigenvalue weighted by atomic mass is 9.96. The fourth-order valence-electron chi connectivity index (χ4n) is 2.59. The average molecular weight is 357 g/mol. The molecule has 0 aromatic heterocycles. The van der Waals surface area contributed by atoms with Crippen molar-refractivity contribution in [3.63, 3.8) is 0 Å². The molecule has 1 saturated heterocycles. The first-order valence-electron chi connectivity index (χ1n) is 6.73. The Morgan fingerprint density at radius 2 is 1.73 bits per heavy atom. The minimum Gasteiger partial charge on any atom is -0.314 e. The van der Waals surface area contributed by atoms with Crippen LogP contribution in [0.2, 0.25) is 0 Å². The Labute approximate surface area is 141 Å². The zero-order chi connectivity index (χ0) is 14.7. The molecule has 0 saturated carbocycles. The lowest BCUT2D eigenvalue weighted by Gasteiger charge is -2.35. The maximum atomic E-state index is 14.0. The molecule has 0 amide bonds. The number of benzene rings is 1. The van der Waals surface area contributed by atoms with E-state index in [0.717, 1.165) is 30.8 Å². The standard InChI is InChI=1S/C15H19F3N2.2ClH/c1-10(2)9-13(20-7-5-19-6-8-20)14-11(16)3-4-12(17)15(14)18;;/h3-4,13,19H,1,5-9H2,2H3;2*1H/t13-;;/m1../s1. The lowest BCUT2D eigenvalue weighted by Crippen LogP contribution is -2.45. The molecular formula is C15H21Cl2F3N2. The Hall–Kier alpha value is -0.750. The molecule has 1 aliphatic heterocycles. The van der Waals surface area contributed by atoms with E-state index in [1.165, 1.54) is 0 Å². The van der Waals surface area contributed by atoms with Crippen molar-refractivity contribution >= 4 is 24.8 Å². The Morgan fingerprint density at radius 3 is 2.27 bits per heavy atom. The van der Waals surface area contributed by atoms with Crippen molar-refractivity contribution in [3.8, 4) is 0 Å². The van der Waals surface area contributed by atoms with Crippen LogP contribution in [0.25, 0.3) is 0 Å². The van der Waals surface area contributed by atoms with Crippen LogP contribution < -0.4 is 5.32 Å². The number of hydrogen-bond acceptors (Lipinski definition) is 2. The van der Waals surface area contributed by atoms with Crippen molar-refractivity contribution in [2.24, 2.45) is 0 Å². The van der Waals surface area contributed by atoms with Crippen LogP contribution in [0.3, 0.4) is 0 Å². The molecule has 0 aliphatic carbocycles. The Morgan fingerprint density at radius 1 is 1.18 bits per heavy atom. The monoisotopic (exact) mass is 356 g/mol. The SMILES string of the molecule is C=C(C)C[C@H](c1c(F)ccc(F)c1F)N1CCNCC1.Cl.Cl. The van der Waals surface area contributed by atoms with Crippen LogP contribution in [0, 0.1) is 17.5 Å². The number of piperazine rings is 1. The highest BCUT2D eigenvalue weighted by Crippen LogP contribution is 2.32. The van der Waals surface area contributed by atoms with Gasteiger partial charge in [0.05, 0.1) is 0 Å². The summed E-state index contributed by atoms with van der Waals surface area (Å²) in [5.74, 6) is -2.80. The van der Waals surface area contributed by atoms with Crippen molar-refractivity contribution < 1.29 is 13.2 Å². The second kappa shape index (κ2) is 9.40. The van der Waals surface area contributed by atoms with E-state index in [9.17, 15) is 13.2 Å². The molecule has 1 aliphatic rings. The van der Waals surface area contributed by atoms with Crippen molar-refractivity contribution in [2.75, 3.05) is 26.2 Å². The first kappa shape index (κ1) is 21.2. The molecule has 0 radical (unpaired) electrons. The summed E-state index contributed by atoms with van der Waals surface area (Å²) in [5.41, 5.74) is 0.631. The summed E-state index contributed by atoms with van der Waals surface area (Å²) in [5, 5.41) is 3.19. The van der Waals surface area contributed by atoms with Crippen molar-refractivity contribution in [3.05, 3.63) is 47.3 Å². The van der Waals surface area contributed by atoms with Crippen molar-refractivity contribution in [1.82, 2.24) is 10.2 Å². The van der Waals surface area contributed by atoms with Crippen LogP contribution in [0.4, 0.5) is 13.2 Å². The van der Waals surface area contributed by atoms with Gasteiger partial charge in [-0.3, -0.25) is 4.90 Å². The highest BCUT2D eigenvalue weighted by Gasteiger charge is 2.28. The van der Waals surface area contributed by atoms with E-state index >= 15 is 0 Å². The van der Waals surface area contributed by atoms with Crippen LogP contribution >= 0.6 is 24.8 Å². The van der Waals surface area contributed by atoms with E-state index in [0.29, 0.717) is 19.5 Å². The number of nitrogens with zero attached hydrogens (tertiary/aromatic N) is 1. The van der Waals surface area contributed by atoms with E-state index < -0.39 is 23.5 Å². The molecule has 1 heterocycles. The van der Waals surface area contributed by atoms with E-state index in [4.69, 9.17) is 0 Å². The molecule has 1 atom stereocenters. The summed E-state index contributed by atoms with van der Waals surface area (Å²) >= 11 is 0. The van der Waals surface area contributed by atoms with Gasteiger partial charge in [0.1, 0.15) is 5.82 Å². The van der Waals surface area contributed by atoms with Gasteiger partial charge in [-0.2, -0.15) is 0 Å². The Bertz CT molecular complexity index is 506. The Balaban J connectivity index is 0.00000220. The van der Waals surface area contributed by atoms with Gasteiger partial charge >= 0.3 is 0 Å². The number of rotatable bonds is 4. The first-order chi connectivity index (χ1) is 9.50. The third kappa shape index (κ3) is 4.88. The van der Waals surface area contributed by atoms with Crippen LogP contribution in [0.1, 0.15) is 24.9 Å². The lowest BCUT2D eigenvalue weighted by molar-refractivity contribution is 0.165. The van der Waals surface area contributed by atoms with Gasteiger partial charge < -0.3 is 5.32 Å². The third-order valence-electron chi connectivity index (χ3n) is 3.55. The molecule has 1 aromatic carbocycles. The summed E-state index contributed by atoms with van der Waals surface area (Å²) in [4.78, 5) is 1.98. The Kier molecular flexibility index (Phi) is 9.08. The predicted molar refractivity (Wildman–Crippen MR) is 87.4 cm³/mol. The topological polar surface area (TPSA) is 15.3 Å². The average Bonchev–Trinajstić information content (AvgIpc) is 2.43. The van der Waals surface area contributed by atoms with E-state index in [1.54, 1.807) is 0 Å². The number of nitrogens with one attached hydrogen (secondary N) is 1. The molecule has 2 rings (SSSR count). The van der Waals surface area contributed by atoms with Crippen LogP contribution in [0.15, 0.2) is 24.3 Å². The zero-order valence-corrected chi connectivity index (χ0v) is 14.0. The summed E-state index contributed by atoms with van der Waals surface area (Å²) in [6.07, 6.45) is 0.414. The zero-order valence-electron chi connectivity index (χ0n) is 12.4. The highest BCUT2D eigenvalue weighted by atomic mass is 35.5. The quantitative estimate of drug-likeness (QED) is 0.650. The van der Waals surface area contributed by atoms with E-state index in [-0.39, 0.29) is 30.4 Å². The fraction of sp³-hybridized carbons (Fsp3) is 0.467. The number of hydrogen-bond donors (Lipinski definition) is 1. The van der Waals surface area contributed by atoms with Crippen LogP contribution in [-0.2, 0) is 0 Å². The smallest absolute Gasteiger partial charge is 0.166 e. The maximum Gasteiger partial charge on any atom is 0.166 e. The fourth-order valence-corrected chi connectivity index (χ4v) is 2.59. The van der Waals surface area contributed by atoms with Crippen molar-refractivity contribution in [1.29, 1.82) is 0 Å². The maximum absolute atomic E-state index is 14.0. The summed E-state index contributed by atoms with van der Waals surface area (Å²) < 4.78 is 41.5. The second-order valence-corrected chi connectivity index (χ2v) is 5.22. The summed E-state index contributed by atoms with van der Waals surface area (Å²) in [6, 6.07) is 1.30. The van der Waals surface area contributed by atoms with Gasteiger partial charge in [0.2, 0.25) is 0 Å². The molecule has 1 fully saturated rings. The number of halogens is 5. The second-order valence-electron chi connectivity index (χ2n) is 5.22. The molecule has 1 N–H and O–H groups in total. The minimum absolute atomic E-state index is 0. The molecule has 0 bridgehead atoms. The molecule has 1 aromatic rings. The molecule has 22 heavy (non-hydrogen) atoms. The minimum atomic E-state index is -1.09. The van der Waals surface area contributed by atoms with Crippen LogP contribution in [-0.4, -0.2) is 31.1 Å². The van der Waals surface area contributed by atoms with Gasteiger partial charge in [0, 0.05) is 37.8 Å². The van der Waals surface area contributed by atoms with Gasteiger partial charge in [0.25, 0.3) is 0 Å². The van der Waals surface area contributed by atoms with E-state index in [2.05, 4.69) is 11.9 Å². The van der Waals surface area contributed by atoms with Gasteiger partial charge in [-0.1, -0.05) is 5.57 Å². The van der Waals surface area contributed by atoms with Gasteiger partial charge in [0.15, 0.2) is 11.6 Å². The first-order valence-corrected chi connectivity index (χ1v) is 6.73. The van der Waals surface area contributed by atoms with Gasteiger partial charge in [-0.15, -0.1) is 31.4 Å². The summed E-state index contributed by atoms with van der Waals surface area (Å²) in [6.45, 7) is 8.48. The largest absolute Gasteiger partial charge is 0.314 e. The third-order valence-corrected chi connectivity index (χ3v) is 3.55. The van der Waals surface area contributed by atoms with Crippen molar-refractivity contribution in [2.45, 2.75) is 19.4 Å². The van der Waals surface area contributed by atoms with E-state index in [1.807, 2.05) is 11.8 Å². The molecule has 2 nitrogen and oxygen atoms in total. The molecule has 7 heteroatoms. The van der Waals surface area contributed by atoms with Gasteiger partial charge in [-0.25, -0.2) is 13.2 Å². The molecule has 0 unspecified atom stereocenters. The normalized spacial score (nSPS) is 16.4.